The van der Waals surface area contributed by atoms with Crippen LogP contribution in [0.1, 0.15) is 13.3 Å². The first-order chi connectivity index (χ1) is 9.13. The van der Waals surface area contributed by atoms with Gasteiger partial charge < -0.3 is 20.1 Å². The molecule has 19 heavy (non-hydrogen) atoms. The standard InChI is InChI=1S/C12H23N3O4/c1-2-15(5-3-11(16)17)12(18)13-4-6-14-7-9-19-10-8-14/h2-10H2,1H3,(H,13,18)(H,16,17). The first-order valence-corrected chi connectivity index (χ1v) is 6.68. The van der Waals surface area contributed by atoms with Crippen LogP contribution in [0.25, 0.3) is 0 Å². The summed E-state index contributed by atoms with van der Waals surface area (Å²) in [6.07, 6.45) is -0.0231. The number of carboxylic acids is 1. The average Bonchev–Trinajstić information content (AvgIpc) is 2.40. The number of hydrogen-bond donors (Lipinski definition) is 2. The fourth-order valence-corrected chi connectivity index (χ4v) is 1.89. The number of nitrogens with one attached hydrogen (secondary N) is 1. The Balaban J connectivity index is 2.18. The number of rotatable bonds is 7. The quantitative estimate of drug-likeness (QED) is 0.673. The summed E-state index contributed by atoms with van der Waals surface area (Å²) in [4.78, 5) is 26.0. The molecule has 1 aliphatic rings. The van der Waals surface area contributed by atoms with E-state index in [2.05, 4.69) is 10.2 Å². The molecule has 1 fully saturated rings. The van der Waals surface area contributed by atoms with Gasteiger partial charge >= 0.3 is 12.0 Å². The van der Waals surface area contributed by atoms with E-state index in [1.54, 1.807) is 0 Å². The van der Waals surface area contributed by atoms with Crippen LogP contribution in [-0.2, 0) is 9.53 Å². The van der Waals surface area contributed by atoms with Crippen molar-refractivity contribution in [3.8, 4) is 0 Å². The van der Waals surface area contributed by atoms with Crippen molar-refractivity contribution in [2.24, 2.45) is 0 Å². The Labute approximate surface area is 113 Å². The van der Waals surface area contributed by atoms with Crippen LogP contribution in [0.3, 0.4) is 0 Å². The molecule has 1 heterocycles. The van der Waals surface area contributed by atoms with Gasteiger partial charge in [-0.1, -0.05) is 0 Å². The molecule has 0 aromatic heterocycles. The molecule has 1 aliphatic heterocycles. The van der Waals surface area contributed by atoms with Crippen LogP contribution in [-0.4, -0.2) is 79.4 Å². The maximum Gasteiger partial charge on any atom is 0.317 e. The van der Waals surface area contributed by atoms with Crippen molar-refractivity contribution in [1.82, 2.24) is 15.1 Å². The number of nitrogens with zero attached hydrogens (tertiary/aromatic N) is 2. The van der Waals surface area contributed by atoms with Crippen LogP contribution >= 0.6 is 0 Å². The second-order valence-electron chi connectivity index (χ2n) is 4.41. The van der Waals surface area contributed by atoms with Gasteiger partial charge in [-0.15, -0.1) is 0 Å². The molecule has 1 saturated heterocycles. The van der Waals surface area contributed by atoms with Crippen LogP contribution in [0.2, 0.25) is 0 Å². The van der Waals surface area contributed by atoms with Gasteiger partial charge in [0, 0.05) is 39.3 Å². The molecule has 0 aromatic carbocycles. The number of carbonyl (C=O) groups excluding carboxylic acids is 1. The minimum absolute atomic E-state index is 0.0231. The minimum atomic E-state index is -0.889. The predicted molar refractivity (Wildman–Crippen MR) is 70.2 cm³/mol. The van der Waals surface area contributed by atoms with E-state index in [1.165, 1.54) is 4.90 Å². The fourth-order valence-electron chi connectivity index (χ4n) is 1.89. The van der Waals surface area contributed by atoms with Crippen LogP contribution in [0.4, 0.5) is 4.79 Å². The van der Waals surface area contributed by atoms with Gasteiger partial charge in [-0.3, -0.25) is 9.69 Å². The van der Waals surface area contributed by atoms with E-state index >= 15 is 0 Å². The maximum atomic E-state index is 11.8. The van der Waals surface area contributed by atoms with Gasteiger partial charge in [-0.05, 0) is 6.92 Å². The predicted octanol–water partition coefficient (Wildman–Crippen LogP) is -0.175. The summed E-state index contributed by atoms with van der Waals surface area (Å²) in [5, 5.41) is 11.4. The highest BCUT2D eigenvalue weighted by molar-refractivity contribution is 5.75. The number of urea groups is 1. The summed E-state index contributed by atoms with van der Waals surface area (Å²) in [5.74, 6) is -0.889. The smallest absolute Gasteiger partial charge is 0.317 e. The summed E-state index contributed by atoms with van der Waals surface area (Å²) in [5.41, 5.74) is 0. The summed E-state index contributed by atoms with van der Waals surface area (Å²) in [6.45, 7) is 7.24. The van der Waals surface area contributed by atoms with E-state index in [0.717, 1.165) is 32.8 Å². The second kappa shape index (κ2) is 8.71. The molecular formula is C12H23N3O4. The molecule has 0 aromatic rings. The molecule has 0 spiro atoms. The topological polar surface area (TPSA) is 82.1 Å². The molecule has 2 N–H and O–H groups in total. The van der Waals surface area contributed by atoms with Crippen molar-refractivity contribution >= 4 is 12.0 Å². The third-order valence-electron chi connectivity index (χ3n) is 3.07. The van der Waals surface area contributed by atoms with Gasteiger partial charge in [0.25, 0.3) is 0 Å². The Hall–Kier alpha value is -1.34. The van der Waals surface area contributed by atoms with Gasteiger partial charge in [0.15, 0.2) is 0 Å². The van der Waals surface area contributed by atoms with Crippen LogP contribution < -0.4 is 5.32 Å². The highest BCUT2D eigenvalue weighted by atomic mass is 16.5. The van der Waals surface area contributed by atoms with Crippen molar-refractivity contribution in [2.75, 3.05) is 52.5 Å². The number of carbonyl (C=O) groups is 2. The second-order valence-corrected chi connectivity index (χ2v) is 4.41. The molecule has 0 saturated carbocycles. The first kappa shape index (κ1) is 15.7. The average molecular weight is 273 g/mol. The Morgan fingerprint density at radius 3 is 2.63 bits per heavy atom. The molecule has 0 atom stereocenters. The summed E-state index contributed by atoms with van der Waals surface area (Å²) in [7, 11) is 0. The maximum absolute atomic E-state index is 11.8. The lowest BCUT2D eigenvalue weighted by Crippen LogP contribution is -2.45. The van der Waals surface area contributed by atoms with E-state index < -0.39 is 5.97 Å². The SMILES string of the molecule is CCN(CCC(=O)O)C(=O)NCCN1CCOCC1. The Bertz CT molecular complexity index is 293. The zero-order valence-corrected chi connectivity index (χ0v) is 11.4. The summed E-state index contributed by atoms with van der Waals surface area (Å²) < 4.78 is 5.24. The van der Waals surface area contributed by atoms with Crippen molar-refractivity contribution in [1.29, 1.82) is 0 Å². The third-order valence-corrected chi connectivity index (χ3v) is 3.07. The van der Waals surface area contributed by atoms with E-state index in [-0.39, 0.29) is 19.0 Å². The van der Waals surface area contributed by atoms with Gasteiger partial charge in [-0.25, -0.2) is 4.79 Å². The lowest BCUT2D eigenvalue weighted by Gasteiger charge is -2.27. The van der Waals surface area contributed by atoms with E-state index in [1.807, 2.05) is 6.92 Å². The highest BCUT2D eigenvalue weighted by Crippen LogP contribution is 1.96. The lowest BCUT2D eigenvalue weighted by molar-refractivity contribution is -0.137. The van der Waals surface area contributed by atoms with Gasteiger partial charge in [0.1, 0.15) is 0 Å². The molecule has 110 valence electrons. The molecule has 0 aliphatic carbocycles. The number of ether oxygens (including phenoxy) is 1. The van der Waals surface area contributed by atoms with E-state index in [9.17, 15) is 9.59 Å². The normalized spacial score (nSPS) is 16.1. The minimum Gasteiger partial charge on any atom is -0.481 e. The first-order valence-electron chi connectivity index (χ1n) is 6.68. The monoisotopic (exact) mass is 273 g/mol. The zero-order valence-electron chi connectivity index (χ0n) is 11.4. The van der Waals surface area contributed by atoms with Crippen LogP contribution in [0.15, 0.2) is 0 Å². The Kier molecular flexibility index (Phi) is 7.20. The molecule has 7 heteroatoms. The Morgan fingerprint density at radius 1 is 1.37 bits per heavy atom. The largest absolute Gasteiger partial charge is 0.481 e. The van der Waals surface area contributed by atoms with Crippen LogP contribution in [0, 0.1) is 0 Å². The molecule has 2 amide bonds. The van der Waals surface area contributed by atoms with Gasteiger partial charge in [0.2, 0.25) is 0 Å². The van der Waals surface area contributed by atoms with E-state index in [4.69, 9.17) is 9.84 Å². The van der Waals surface area contributed by atoms with Crippen molar-refractivity contribution < 1.29 is 19.4 Å². The van der Waals surface area contributed by atoms with Crippen molar-refractivity contribution in [3.05, 3.63) is 0 Å². The molecule has 0 bridgehead atoms. The van der Waals surface area contributed by atoms with Crippen molar-refractivity contribution in [2.45, 2.75) is 13.3 Å². The molecule has 0 radical (unpaired) electrons. The van der Waals surface area contributed by atoms with Crippen molar-refractivity contribution in [3.63, 3.8) is 0 Å². The number of aliphatic carboxylic acids is 1. The summed E-state index contributed by atoms with van der Waals surface area (Å²) >= 11 is 0. The number of carboxylic acid groups (broad SMARTS) is 1. The molecular weight excluding hydrogens is 250 g/mol. The number of hydrogen-bond acceptors (Lipinski definition) is 4. The van der Waals surface area contributed by atoms with Gasteiger partial charge in [0.05, 0.1) is 19.6 Å². The fraction of sp³-hybridized carbons (Fsp3) is 0.833. The molecule has 0 unspecified atom stereocenters. The Morgan fingerprint density at radius 2 is 2.05 bits per heavy atom. The summed E-state index contributed by atoms with van der Waals surface area (Å²) in [6, 6.07) is -0.197. The number of amides is 2. The number of morpholine rings is 1. The van der Waals surface area contributed by atoms with E-state index in [0.29, 0.717) is 13.1 Å². The zero-order chi connectivity index (χ0) is 14.1. The van der Waals surface area contributed by atoms with Gasteiger partial charge in [-0.2, -0.15) is 0 Å². The van der Waals surface area contributed by atoms with Crippen LogP contribution in [0.5, 0.6) is 0 Å². The molecule has 1 rings (SSSR count). The lowest BCUT2D eigenvalue weighted by atomic mass is 10.4. The third kappa shape index (κ3) is 6.40. The highest BCUT2D eigenvalue weighted by Gasteiger charge is 2.14. The molecule has 7 nitrogen and oxygen atoms in total.